The summed E-state index contributed by atoms with van der Waals surface area (Å²) in [5.74, 6) is 0. The van der Waals surface area contributed by atoms with Gasteiger partial charge in [-0.15, -0.1) is 11.3 Å². The van der Waals surface area contributed by atoms with Crippen molar-refractivity contribution in [3.63, 3.8) is 0 Å². The third-order valence-electron chi connectivity index (χ3n) is 1.96. The number of halogens is 2. The molecule has 0 aliphatic carbocycles. The summed E-state index contributed by atoms with van der Waals surface area (Å²) in [7, 11) is 3.35. The first kappa shape index (κ1) is 10.2. The predicted octanol–water partition coefficient (Wildman–Crippen LogP) is 4.52. The highest BCUT2D eigenvalue weighted by molar-refractivity contribution is 7.17. The third kappa shape index (κ3) is 1.63. The molecule has 0 N–H and O–H groups in total. The Labute approximate surface area is 96.2 Å². The van der Waals surface area contributed by atoms with Gasteiger partial charge >= 0.3 is 0 Å². The minimum atomic E-state index is 0.458. The van der Waals surface area contributed by atoms with E-state index >= 15 is 0 Å². The molecule has 0 saturated heterocycles. The summed E-state index contributed by atoms with van der Waals surface area (Å²) in [6.07, 6.45) is 0. The molecule has 1 aromatic heterocycles. The zero-order valence-corrected chi connectivity index (χ0v) is 9.55. The fourth-order valence-corrected chi connectivity index (χ4v) is 2.79. The minimum absolute atomic E-state index is 0.458. The molecule has 0 aliphatic heterocycles. The predicted molar refractivity (Wildman–Crippen MR) is 62.0 cm³/mol. The zero-order valence-electron chi connectivity index (χ0n) is 7.22. The lowest BCUT2D eigenvalue weighted by Crippen LogP contribution is -1.83. The van der Waals surface area contributed by atoms with Crippen molar-refractivity contribution in [2.75, 3.05) is 0 Å². The minimum Gasteiger partial charge on any atom is -0.374 e. The third-order valence-corrected chi connectivity index (χ3v) is 3.76. The number of hydrogen-bond donors (Lipinski definition) is 0. The molecule has 0 atom stereocenters. The van der Waals surface area contributed by atoms with Crippen LogP contribution >= 0.6 is 34.5 Å². The molecule has 0 amide bonds. The molecule has 0 spiro atoms. The van der Waals surface area contributed by atoms with E-state index in [0.29, 0.717) is 16.7 Å². The fourth-order valence-electron chi connectivity index (χ4n) is 1.34. The Morgan fingerprint density at radius 3 is 2.86 bits per heavy atom. The highest BCUT2D eigenvalue weighted by atomic mass is 35.5. The molecular formula is C10H7Cl2OS. The van der Waals surface area contributed by atoms with Gasteiger partial charge in [-0.1, -0.05) is 23.2 Å². The van der Waals surface area contributed by atoms with E-state index in [9.17, 15) is 0 Å². The molecule has 73 valence electrons. The van der Waals surface area contributed by atoms with Crippen molar-refractivity contribution in [2.45, 2.75) is 6.61 Å². The van der Waals surface area contributed by atoms with Gasteiger partial charge in [0.15, 0.2) is 0 Å². The summed E-state index contributed by atoms with van der Waals surface area (Å²) < 4.78 is 5.96. The SMILES string of the molecule is [CH2]OCc1csc2ccc(Cl)c(Cl)c12. The van der Waals surface area contributed by atoms with Gasteiger partial charge in [0, 0.05) is 10.1 Å². The number of benzene rings is 1. The normalized spacial score (nSPS) is 11.1. The van der Waals surface area contributed by atoms with Crippen molar-refractivity contribution in [3.8, 4) is 0 Å². The van der Waals surface area contributed by atoms with Crippen LogP contribution in [-0.4, -0.2) is 0 Å². The largest absolute Gasteiger partial charge is 0.374 e. The lowest BCUT2D eigenvalue weighted by Gasteiger charge is -2.01. The molecule has 0 bridgehead atoms. The fraction of sp³-hybridized carbons (Fsp3) is 0.100. The van der Waals surface area contributed by atoms with Crippen molar-refractivity contribution in [3.05, 3.63) is 40.2 Å². The molecule has 14 heavy (non-hydrogen) atoms. The Bertz CT molecular complexity index is 464. The lowest BCUT2D eigenvalue weighted by molar-refractivity contribution is 0.230. The van der Waals surface area contributed by atoms with E-state index in [2.05, 4.69) is 7.11 Å². The van der Waals surface area contributed by atoms with Crippen LogP contribution in [-0.2, 0) is 11.3 Å². The van der Waals surface area contributed by atoms with E-state index in [4.69, 9.17) is 27.9 Å². The molecule has 1 heterocycles. The molecule has 0 fully saturated rings. The maximum absolute atomic E-state index is 6.11. The van der Waals surface area contributed by atoms with E-state index in [1.807, 2.05) is 11.4 Å². The summed E-state index contributed by atoms with van der Waals surface area (Å²) in [6.45, 7) is 0.458. The molecular weight excluding hydrogens is 239 g/mol. The Hall–Kier alpha value is -0.280. The van der Waals surface area contributed by atoms with Crippen LogP contribution in [0.25, 0.3) is 10.1 Å². The first-order valence-electron chi connectivity index (χ1n) is 3.95. The molecule has 2 rings (SSSR count). The molecule has 1 aromatic carbocycles. The van der Waals surface area contributed by atoms with Gasteiger partial charge in [-0.2, -0.15) is 0 Å². The smallest absolute Gasteiger partial charge is 0.0732 e. The van der Waals surface area contributed by atoms with Gasteiger partial charge in [-0.05, 0) is 23.1 Å². The first-order chi connectivity index (χ1) is 6.74. The van der Waals surface area contributed by atoms with Gasteiger partial charge in [-0.25, -0.2) is 0 Å². The van der Waals surface area contributed by atoms with Crippen molar-refractivity contribution in [1.29, 1.82) is 0 Å². The Morgan fingerprint density at radius 2 is 2.14 bits per heavy atom. The van der Waals surface area contributed by atoms with Crippen LogP contribution in [0.1, 0.15) is 5.56 Å². The van der Waals surface area contributed by atoms with Crippen molar-refractivity contribution in [2.24, 2.45) is 0 Å². The number of thiophene rings is 1. The number of rotatable bonds is 2. The van der Waals surface area contributed by atoms with Crippen LogP contribution in [0.15, 0.2) is 17.5 Å². The standard InChI is InChI=1S/C10H7Cl2OS/c1-13-4-6-5-14-8-3-2-7(11)10(12)9(6)8/h2-3,5H,1,4H2. The topological polar surface area (TPSA) is 9.23 Å². The number of hydrogen-bond acceptors (Lipinski definition) is 2. The Balaban J connectivity index is 2.69. The van der Waals surface area contributed by atoms with E-state index in [1.165, 1.54) is 0 Å². The second-order valence-electron chi connectivity index (χ2n) is 2.84. The molecule has 0 saturated carbocycles. The summed E-state index contributed by atoms with van der Waals surface area (Å²) in [6, 6.07) is 3.76. The van der Waals surface area contributed by atoms with Gasteiger partial charge in [0.05, 0.1) is 23.8 Å². The summed E-state index contributed by atoms with van der Waals surface area (Å²) >= 11 is 13.7. The average molecular weight is 246 g/mol. The van der Waals surface area contributed by atoms with Gasteiger partial charge in [0.25, 0.3) is 0 Å². The van der Waals surface area contributed by atoms with Crippen molar-refractivity contribution < 1.29 is 4.74 Å². The average Bonchev–Trinajstić information content (AvgIpc) is 2.57. The second-order valence-corrected chi connectivity index (χ2v) is 4.54. The number of ether oxygens (including phenoxy) is 1. The molecule has 2 aromatic rings. The summed E-state index contributed by atoms with van der Waals surface area (Å²) in [5.41, 5.74) is 1.03. The summed E-state index contributed by atoms with van der Waals surface area (Å²) in [4.78, 5) is 0. The van der Waals surface area contributed by atoms with E-state index in [0.717, 1.165) is 15.6 Å². The second kappa shape index (κ2) is 4.07. The van der Waals surface area contributed by atoms with E-state index < -0.39 is 0 Å². The van der Waals surface area contributed by atoms with Crippen LogP contribution in [0.5, 0.6) is 0 Å². The van der Waals surface area contributed by atoms with Crippen LogP contribution in [0.2, 0.25) is 10.0 Å². The van der Waals surface area contributed by atoms with Crippen LogP contribution in [0.4, 0.5) is 0 Å². The monoisotopic (exact) mass is 245 g/mol. The zero-order chi connectivity index (χ0) is 10.1. The van der Waals surface area contributed by atoms with Crippen LogP contribution in [0.3, 0.4) is 0 Å². The molecule has 0 aliphatic rings. The van der Waals surface area contributed by atoms with Gasteiger partial charge in [-0.3, -0.25) is 0 Å². The maximum Gasteiger partial charge on any atom is 0.0732 e. The van der Waals surface area contributed by atoms with Crippen LogP contribution < -0.4 is 0 Å². The quantitative estimate of drug-likeness (QED) is 0.757. The highest BCUT2D eigenvalue weighted by Crippen LogP contribution is 2.36. The Morgan fingerprint density at radius 1 is 1.36 bits per heavy atom. The van der Waals surface area contributed by atoms with Gasteiger partial charge < -0.3 is 4.74 Å². The van der Waals surface area contributed by atoms with Crippen molar-refractivity contribution in [1.82, 2.24) is 0 Å². The van der Waals surface area contributed by atoms with E-state index in [-0.39, 0.29) is 0 Å². The lowest BCUT2D eigenvalue weighted by atomic mass is 10.2. The molecule has 1 radical (unpaired) electrons. The highest BCUT2D eigenvalue weighted by Gasteiger charge is 2.10. The molecule has 0 unspecified atom stereocenters. The molecule has 1 nitrogen and oxygen atoms in total. The van der Waals surface area contributed by atoms with Gasteiger partial charge in [0.1, 0.15) is 0 Å². The number of fused-ring (bicyclic) bond motifs is 1. The first-order valence-corrected chi connectivity index (χ1v) is 5.58. The van der Waals surface area contributed by atoms with E-state index in [1.54, 1.807) is 17.4 Å². The Kier molecular flexibility index (Phi) is 2.98. The van der Waals surface area contributed by atoms with Crippen LogP contribution in [0, 0.1) is 7.11 Å². The van der Waals surface area contributed by atoms with Gasteiger partial charge in [0.2, 0.25) is 0 Å². The van der Waals surface area contributed by atoms with Crippen molar-refractivity contribution >= 4 is 44.6 Å². The summed E-state index contributed by atoms with van der Waals surface area (Å²) in [5, 5.41) is 4.16. The molecule has 4 heteroatoms. The maximum atomic E-state index is 6.11.